The second kappa shape index (κ2) is 6.52. The van der Waals surface area contributed by atoms with Gasteiger partial charge < -0.3 is 9.47 Å². The van der Waals surface area contributed by atoms with E-state index in [-0.39, 0.29) is 5.97 Å². The Morgan fingerprint density at radius 3 is 1.81 bits per heavy atom. The zero-order chi connectivity index (χ0) is 18.0. The van der Waals surface area contributed by atoms with E-state index in [0.29, 0.717) is 5.76 Å². The Morgan fingerprint density at radius 1 is 0.769 bits per heavy atom. The predicted molar refractivity (Wildman–Crippen MR) is 101 cm³/mol. The zero-order valence-electron chi connectivity index (χ0n) is 14.4. The molecular formula is C23H18O3. The van der Waals surface area contributed by atoms with Crippen molar-refractivity contribution in [1.82, 2.24) is 0 Å². The summed E-state index contributed by atoms with van der Waals surface area (Å²) in [5.41, 5.74) is 1.67. The number of ether oxygens (including phenoxy) is 2. The quantitative estimate of drug-likeness (QED) is 0.651. The first-order valence-corrected chi connectivity index (χ1v) is 8.44. The van der Waals surface area contributed by atoms with Gasteiger partial charge in [-0.25, -0.2) is 4.79 Å². The third-order valence-electron chi connectivity index (χ3n) is 4.71. The number of cyclic esters (lactones) is 1. The van der Waals surface area contributed by atoms with Crippen molar-refractivity contribution in [2.45, 2.75) is 5.41 Å². The lowest BCUT2D eigenvalue weighted by atomic mass is 9.75. The van der Waals surface area contributed by atoms with E-state index in [1.54, 1.807) is 7.11 Å². The Kier molecular flexibility index (Phi) is 4.05. The summed E-state index contributed by atoms with van der Waals surface area (Å²) in [6.07, 6.45) is 1.92. The van der Waals surface area contributed by atoms with Crippen LogP contribution in [-0.2, 0) is 14.9 Å². The lowest BCUT2D eigenvalue weighted by Crippen LogP contribution is -2.32. The van der Waals surface area contributed by atoms with Crippen LogP contribution < -0.4 is 4.74 Å². The second-order valence-corrected chi connectivity index (χ2v) is 6.17. The summed E-state index contributed by atoms with van der Waals surface area (Å²) in [5.74, 6) is 1.03. The van der Waals surface area contributed by atoms with Crippen LogP contribution in [0.3, 0.4) is 0 Å². The highest BCUT2D eigenvalue weighted by molar-refractivity contribution is 5.99. The van der Waals surface area contributed by atoms with Gasteiger partial charge in [-0.2, -0.15) is 0 Å². The van der Waals surface area contributed by atoms with Crippen molar-refractivity contribution in [2.24, 2.45) is 0 Å². The zero-order valence-corrected chi connectivity index (χ0v) is 14.4. The summed E-state index contributed by atoms with van der Waals surface area (Å²) < 4.78 is 10.9. The fourth-order valence-corrected chi connectivity index (χ4v) is 3.33. The minimum Gasteiger partial charge on any atom is -0.497 e. The van der Waals surface area contributed by atoms with Crippen molar-refractivity contribution in [3.63, 3.8) is 0 Å². The Morgan fingerprint density at radius 2 is 1.31 bits per heavy atom. The topological polar surface area (TPSA) is 35.5 Å². The maximum Gasteiger partial charge on any atom is 0.330 e. The Hall–Kier alpha value is -3.33. The van der Waals surface area contributed by atoms with Crippen molar-refractivity contribution < 1.29 is 14.3 Å². The van der Waals surface area contributed by atoms with Crippen LogP contribution in [0.25, 0.3) is 5.76 Å². The molecule has 128 valence electrons. The summed E-state index contributed by atoms with van der Waals surface area (Å²) >= 11 is 0. The maximum absolute atomic E-state index is 13.1. The molecule has 1 heterocycles. The van der Waals surface area contributed by atoms with Gasteiger partial charge in [0.25, 0.3) is 0 Å². The average Bonchev–Trinajstić information content (AvgIpc) is 3.07. The molecule has 3 nitrogen and oxygen atoms in total. The summed E-state index contributed by atoms with van der Waals surface area (Å²) in [7, 11) is 1.62. The minimum absolute atomic E-state index is 0.291. The van der Waals surface area contributed by atoms with E-state index in [4.69, 9.17) is 9.47 Å². The number of carbonyl (C=O) groups excluding carboxylic acids is 1. The molecule has 3 heteroatoms. The fourth-order valence-electron chi connectivity index (χ4n) is 3.33. The predicted octanol–water partition coefficient (Wildman–Crippen LogP) is 4.58. The molecule has 0 bridgehead atoms. The van der Waals surface area contributed by atoms with Crippen molar-refractivity contribution in [2.75, 3.05) is 7.11 Å². The summed E-state index contributed by atoms with van der Waals surface area (Å²) in [5, 5.41) is 0. The van der Waals surface area contributed by atoms with Crippen LogP contribution in [0.1, 0.15) is 16.7 Å². The second-order valence-electron chi connectivity index (χ2n) is 6.17. The highest BCUT2D eigenvalue weighted by atomic mass is 16.5. The first-order valence-electron chi connectivity index (χ1n) is 8.44. The van der Waals surface area contributed by atoms with Crippen LogP contribution in [0.4, 0.5) is 0 Å². The van der Waals surface area contributed by atoms with Crippen LogP contribution in [0.15, 0.2) is 91.0 Å². The van der Waals surface area contributed by atoms with Crippen LogP contribution in [-0.4, -0.2) is 13.1 Å². The van der Waals surface area contributed by atoms with Crippen LogP contribution >= 0.6 is 0 Å². The van der Waals surface area contributed by atoms with Crippen molar-refractivity contribution in [3.05, 3.63) is 108 Å². The van der Waals surface area contributed by atoms with Gasteiger partial charge in [0.15, 0.2) is 0 Å². The van der Waals surface area contributed by atoms with Crippen molar-refractivity contribution >= 4 is 11.7 Å². The molecule has 0 aliphatic carbocycles. The molecule has 0 saturated heterocycles. The van der Waals surface area contributed by atoms with E-state index < -0.39 is 5.41 Å². The number of hydrogen-bond donors (Lipinski definition) is 0. The minimum atomic E-state index is -0.947. The van der Waals surface area contributed by atoms with Crippen molar-refractivity contribution in [1.29, 1.82) is 0 Å². The maximum atomic E-state index is 13.1. The van der Waals surface area contributed by atoms with E-state index >= 15 is 0 Å². The van der Waals surface area contributed by atoms with Gasteiger partial charge >= 0.3 is 5.97 Å². The summed E-state index contributed by atoms with van der Waals surface area (Å²) in [4.78, 5) is 13.1. The Balaban J connectivity index is 1.88. The van der Waals surface area contributed by atoms with Gasteiger partial charge in [-0.15, -0.1) is 0 Å². The van der Waals surface area contributed by atoms with Gasteiger partial charge in [-0.3, -0.25) is 0 Å². The van der Waals surface area contributed by atoms with E-state index in [9.17, 15) is 4.79 Å². The molecule has 3 aromatic rings. The third-order valence-corrected chi connectivity index (χ3v) is 4.71. The first-order chi connectivity index (χ1) is 12.7. The first kappa shape index (κ1) is 16.2. The van der Waals surface area contributed by atoms with Gasteiger partial charge in [0.05, 0.1) is 7.11 Å². The van der Waals surface area contributed by atoms with Crippen LogP contribution in [0.5, 0.6) is 5.75 Å². The van der Waals surface area contributed by atoms with Crippen LogP contribution in [0.2, 0.25) is 0 Å². The fraction of sp³-hybridized carbons (Fsp3) is 0.0870. The molecule has 0 saturated carbocycles. The van der Waals surface area contributed by atoms with E-state index in [1.807, 2.05) is 91.0 Å². The van der Waals surface area contributed by atoms with E-state index in [2.05, 4.69) is 0 Å². The Labute approximate surface area is 152 Å². The molecule has 1 aliphatic heterocycles. The SMILES string of the molecule is COc1ccc(C2=CC(c3ccccc3)(c3ccccc3)C(=O)O2)cc1. The lowest BCUT2D eigenvalue weighted by Gasteiger charge is -2.24. The molecule has 1 aliphatic rings. The average molecular weight is 342 g/mol. The standard InChI is InChI=1S/C23H18O3/c1-25-20-14-12-17(13-15-20)21-16-23(22(24)26-21,18-8-4-2-5-9-18)19-10-6-3-7-11-19/h2-16H,1H3. The molecule has 0 spiro atoms. The molecule has 0 aromatic heterocycles. The molecule has 0 atom stereocenters. The molecular weight excluding hydrogens is 324 g/mol. The molecule has 3 aromatic carbocycles. The number of methoxy groups -OCH3 is 1. The highest BCUT2D eigenvalue weighted by Gasteiger charge is 2.47. The molecule has 4 rings (SSSR count). The van der Waals surface area contributed by atoms with E-state index in [0.717, 1.165) is 22.4 Å². The van der Waals surface area contributed by atoms with Crippen molar-refractivity contribution in [3.8, 4) is 5.75 Å². The monoisotopic (exact) mass is 342 g/mol. The largest absolute Gasteiger partial charge is 0.497 e. The lowest BCUT2D eigenvalue weighted by molar-refractivity contribution is -0.138. The highest BCUT2D eigenvalue weighted by Crippen LogP contribution is 2.43. The van der Waals surface area contributed by atoms with Crippen LogP contribution in [0, 0.1) is 0 Å². The molecule has 26 heavy (non-hydrogen) atoms. The molecule has 0 fully saturated rings. The van der Waals surface area contributed by atoms with E-state index in [1.165, 1.54) is 0 Å². The molecule has 0 unspecified atom stereocenters. The third kappa shape index (κ3) is 2.58. The van der Waals surface area contributed by atoms with Gasteiger partial charge in [0, 0.05) is 5.56 Å². The number of benzene rings is 3. The number of hydrogen-bond acceptors (Lipinski definition) is 3. The van der Waals surface area contributed by atoms with Gasteiger partial charge in [0.1, 0.15) is 16.9 Å². The molecule has 0 amide bonds. The molecule has 0 radical (unpaired) electrons. The molecule has 0 N–H and O–H groups in total. The summed E-state index contributed by atoms with van der Waals surface area (Å²) in [6.45, 7) is 0. The number of carbonyl (C=O) groups is 1. The van der Waals surface area contributed by atoms with Gasteiger partial charge in [0.2, 0.25) is 0 Å². The van der Waals surface area contributed by atoms with Gasteiger partial charge in [-0.05, 0) is 41.5 Å². The summed E-state index contributed by atoms with van der Waals surface area (Å²) in [6, 6.07) is 27.0. The Bertz CT molecular complexity index is 902. The normalized spacial score (nSPS) is 15.3. The smallest absolute Gasteiger partial charge is 0.330 e. The number of rotatable bonds is 4. The number of esters is 1. The van der Waals surface area contributed by atoms with Gasteiger partial charge in [-0.1, -0.05) is 60.7 Å².